The van der Waals surface area contributed by atoms with Crippen molar-refractivity contribution < 1.29 is 4.79 Å². The van der Waals surface area contributed by atoms with E-state index >= 15 is 0 Å². The van der Waals surface area contributed by atoms with Crippen molar-refractivity contribution in [1.82, 2.24) is 20.0 Å². The van der Waals surface area contributed by atoms with Crippen LogP contribution in [0.25, 0.3) is 21.8 Å². The van der Waals surface area contributed by atoms with Gasteiger partial charge in [0.15, 0.2) is 0 Å². The van der Waals surface area contributed by atoms with E-state index in [9.17, 15) is 9.59 Å². The Kier molecular flexibility index (Phi) is 5.16. The number of fused-ring (bicyclic) bond motifs is 2. The zero-order valence-corrected chi connectivity index (χ0v) is 17.7. The van der Waals surface area contributed by atoms with Gasteiger partial charge in [0, 0.05) is 41.0 Å². The fourth-order valence-corrected chi connectivity index (χ4v) is 3.69. The Labute approximate surface area is 188 Å². The van der Waals surface area contributed by atoms with E-state index in [1.54, 1.807) is 48.7 Å². The molecule has 5 aromatic rings. The van der Waals surface area contributed by atoms with E-state index in [0.29, 0.717) is 28.1 Å². The van der Waals surface area contributed by atoms with Gasteiger partial charge in [0.25, 0.3) is 11.5 Å². The topological polar surface area (TPSA) is 104 Å². The first-order valence-corrected chi connectivity index (χ1v) is 10.3. The number of aromatic amines is 1. The molecule has 2 aromatic heterocycles. The molecule has 0 radical (unpaired) electrons. The summed E-state index contributed by atoms with van der Waals surface area (Å²) in [6.07, 6.45) is 3.60. The number of aryl methyl sites for hydroxylation is 1. The molecule has 1 amide bonds. The maximum absolute atomic E-state index is 12.5. The normalized spacial score (nSPS) is 11.3. The molecule has 0 bridgehead atoms. The molecule has 8 heteroatoms. The summed E-state index contributed by atoms with van der Waals surface area (Å²) in [6, 6.07) is 21.9. The Morgan fingerprint density at radius 1 is 1.00 bits per heavy atom. The van der Waals surface area contributed by atoms with Crippen molar-refractivity contribution in [2.24, 2.45) is 12.1 Å². The molecule has 33 heavy (non-hydrogen) atoms. The van der Waals surface area contributed by atoms with E-state index in [1.165, 1.54) is 0 Å². The number of para-hydroxylation sites is 2. The highest BCUT2D eigenvalue weighted by Gasteiger charge is 2.07. The molecule has 2 heterocycles. The first-order valence-electron chi connectivity index (χ1n) is 10.3. The zero-order valence-electron chi connectivity index (χ0n) is 17.7. The molecule has 162 valence electrons. The molecule has 0 saturated carbocycles. The molecule has 0 atom stereocenters. The van der Waals surface area contributed by atoms with Crippen molar-refractivity contribution in [1.29, 1.82) is 0 Å². The van der Waals surface area contributed by atoms with Crippen LogP contribution in [0.1, 0.15) is 15.9 Å². The minimum Gasteiger partial charge on any atom is -0.350 e. The number of rotatable bonds is 5. The molecular formula is C25H20N6O2. The summed E-state index contributed by atoms with van der Waals surface area (Å²) in [5.74, 6) is 0.00543. The van der Waals surface area contributed by atoms with Gasteiger partial charge >= 0.3 is 0 Å². The smallest absolute Gasteiger partial charge is 0.271 e. The highest BCUT2D eigenvalue weighted by atomic mass is 16.2. The van der Waals surface area contributed by atoms with Gasteiger partial charge in [-0.1, -0.05) is 30.3 Å². The molecule has 3 N–H and O–H groups in total. The maximum atomic E-state index is 12.5. The molecule has 0 spiro atoms. The summed E-state index contributed by atoms with van der Waals surface area (Å²) >= 11 is 0. The molecule has 0 aliphatic rings. The number of carbonyl (C=O) groups is 1. The predicted octanol–water partition coefficient (Wildman–Crippen LogP) is 3.92. The second-order valence-electron chi connectivity index (χ2n) is 7.55. The van der Waals surface area contributed by atoms with E-state index in [0.717, 1.165) is 16.5 Å². The third-order valence-corrected chi connectivity index (χ3v) is 5.32. The summed E-state index contributed by atoms with van der Waals surface area (Å²) in [7, 11) is 1.97. The first-order chi connectivity index (χ1) is 16.1. The fourth-order valence-electron chi connectivity index (χ4n) is 3.69. The average molecular weight is 436 g/mol. The monoisotopic (exact) mass is 436 g/mol. The molecular weight excluding hydrogens is 416 g/mol. The number of carbonyl (C=O) groups excluding carboxylic acids is 1. The van der Waals surface area contributed by atoms with Crippen LogP contribution in [0, 0.1) is 0 Å². The number of nitrogens with one attached hydrogen (secondary N) is 3. The zero-order chi connectivity index (χ0) is 22.8. The van der Waals surface area contributed by atoms with Crippen molar-refractivity contribution in [3.05, 3.63) is 100 Å². The van der Waals surface area contributed by atoms with Gasteiger partial charge in [-0.15, -0.1) is 0 Å². The van der Waals surface area contributed by atoms with Gasteiger partial charge in [0.2, 0.25) is 5.95 Å². The highest BCUT2D eigenvalue weighted by molar-refractivity contribution is 6.00. The Bertz CT molecular complexity index is 1560. The molecule has 3 aromatic carbocycles. The van der Waals surface area contributed by atoms with Gasteiger partial charge in [0.05, 0.1) is 17.1 Å². The number of anilines is 2. The summed E-state index contributed by atoms with van der Waals surface area (Å²) in [6.45, 7) is 0. The Hall–Kier alpha value is -4.72. The largest absolute Gasteiger partial charge is 0.350 e. The number of H-pyrrole nitrogens is 1. The SMILES string of the molecule is Cn1cc(/C=N\NC(=O)c2ccc(Nc3nc4ccccc4c(=O)[nH]3)cc2)c2ccccc21. The molecule has 8 nitrogen and oxygen atoms in total. The lowest BCUT2D eigenvalue weighted by molar-refractivity contribution is 0.0955. The average Bonchev–Trinajstić information content (AvgIpc) is 3.15. The number of hydrogen-bond donors (Lipinski definition) is 3. The van der Waals surface area contributed by atoms with Crippen molar-refractivity contribution in [2.45, 2.75) is 0 Å². The van der Waals surface area contributed by atoms with Crippen LogP contribution in [-0.2, 0) is 7.05 Å². The third-order valence-electron chi connectivity index (χ3n) is 5.32. The van der Waals surface area contributed by atoms with Gasteiger partial charge in [0.1, 0.15) is 0 Å². The first kappa shape index (κ1) is 20.2. The predicted molar refractivity (Wildman–Crippen MR) is 130 cm³/mol. The van der Waals surface area contributed by atoms with Crippen molar-refractivity contribution >= 4 is 45.6 Å². The van der Waals surface area contributed by atoms with E-state index < -0.39 is 0 Å². The molecule has 0 aliphatic carbocycles. The highest BCUT2D eigenvalue weighted by Crippen LogP contribution is 2.19. The number of nitrogens with zero attached hydrogens (tertiary/aromatic N) is 3. The maximum Gasteiger partial charge on any atom is 0.271 e. The van der Waals surface area contributed by atoms with Gasteiger partial charge in [-0.05, 0) is 42.5 Å². The van der Waals surface area contributed by atoms with Crippen LogP contribution in [0.3, 0.4) is 0 Å². The lowest BCUT2D eigenvalue weighted by atomic mass is 10.2. The minimum absolute atomic E-state index is 0.219. The molecule has 0 unspecified atom stereocenters. The van der Waals surface area contributed by atoms with Gasteiger partial charge in [-0.3, -0.25) is 14.6 Å². The van der Waals surface area contributed by atoms with Crippen molar-refractivity contribution in [3.63, 3.8) is 0 Å². The Balaban J connectivity index is 1.27. The second kappa shape index (κ2) is 8.43. The van der Waals surface area contributed by atoms with Crippen LogP contribution in [-0.4, -0.2) is 26.7 Å². The molecule has 0 saturated heterocycles. The lowest BCUT2D eigenvalue weighted by Crippen LogP contribution is -2.17. The number of hydrogen-bond acceptors (Lipinski definition) is 5. The standard InChI is InChI=1S/C25H20N6O2/c1-31-15-17(19-6-3-5-9-22(19)31)14-26-30-23(32)16-10-12-18(13-11-16)27-25-28-21-8-4-2-7-20(21)24(33)29-25/h2-15H,1H3,(H,30,32)(H2,27,28,29,33)/b26-14-. The number of aromatic nitrogens is 3. The Morgan fingerprint density at radius 2 is 1.73 bits per heavy atom. The summed E-state index contributed by atoms with van der Waals surface area (Å²) in [4.78, 5) is 31.8. The molecule has 5 rings (SSSR count). The second-order valence-corrected chi connectivity index (χ2v) is 7.55. The van der Waals surface area contributed by atoms with Gasteiger partial charge in [-0.25, -0.2) is 10.4 Å². The van der Waals surface area contributed by atoms with Crippen LogP contribution < -0.4 is 16.3 Å². The quantitative estimate of drug-likeness (QED) is 0.287. The van der Waals surface area contributed by atoms with E-state index in [4.69, 9.17) is 0 Å². The summed E-state index contributed by atoms with van der Waals surface area (Å²) in [5.41, 5.74) is 6.09. The number of benzene rings is 3. The van der Waals surface area contributed by atoms with Crippen LogP contribution in [0.4, 0.5) is 11.6 Å². The van der Waals surface area contributed by atoms with Crippen LogP contribution in [0.2, 0.25) is 0 Å². The molecule has 0 fully saturated rings. The number of hydrazone groups is 1. The summed E-state index contributed by atoms with van der Waals surface area (Å²) in [5, 5.41) is 8.75. The van der Waals surface area contributed by atoms with Crippen molar-refractivity contribution in [2.75, 3.05) is 5.32 Å². The Morgan fingerprint density at radius 3 is 2.55 bits per heavy atom. The third kappa shape index (κ3) is 4.09. The van der Waals surface area contributed by atoms with Crippen LogP contribution >= 0.6 is 0 Å². The minimum atomic E-state index is -0.324. The lowest BCUT2D eigenvalue weighted by Gasteiger charge is -2.07. The van der Waals surface area contributed by atoms with Crippen LogP contribution in [0.15, 0.2) is 88.9 Å². The van der Waals surface area contributed by atoms with Gasteiger partial charge < -0.3 is 9.88 Å². The summed E-state index contributed by atoms with van der Waals surface area (Å²) < 4.78 is 2.02. The van der Waals surface area contributed by atoms with Gasteiger partial charge in [-0.2, -0.15) is 5.10 Å². The molecule has 0 aliphatic heterocycles. The van der Waals surface area contributed by atoms with Crippen molar-refractivity contribution in [3.8, 4) is 0 Å². The van der Waals surface area contributed by atoms with E-state index in [2.05, 4.69) is 25.8 Å². The van der Waals surface area contributed by atoms with E-state index in [-0.39, 0.29) is 11.5 Å². The number of amides is 1. The van der Waals surface area contributed by atoms with E-state index in [1.807, 2.05) is 48.1 Å². The van der Waals surface area contributed by atoms with Crippen LogP contribution in [0.5, 0.6) is 0 Å². The fraction of sp³-hybridized carbons (Fsp3) is 0.0400.